The highest BCUT2D eigenvalue weighted by Gasteiger charge is 2.38. The molecule has 1 fully saturated rings. The molecule has 0 radical (unpaired) electrons. The van der Waals surface area contributed by atoms with Gasteiger partial charge in [-0.25, -0.2) is 8.78 Å². The lowest BCUT2D eigenvalue weighted by Gasteiger charge is -2.37. The summed E-state index contributed by atoms with van der Waals surface area (Å²) in [6.45, 7) is 1.74. The number of likely N-dealkylation sites (tertiary alicyclic amines) is 1. The average Bonchev–Trinajstić information content (AvgIpc) is 2.44. The van der Waals surface area contributed by atoms with E-state index in [1.807, 2.05) is 0 Å². The molecule has 0 unspecified atom stereocenters. The minimum Gasteiger partial charge on any atom is -0.468 e. The molecule has 6 heteroatoms. The van der Waals surface area contributed by atoms with Crippen molar-refractivity contribution in [1.29, 1.82) is 0 Å². The first-order valence-electron chi connectivity index (χ1n) is 6.48. The average molecular weight is 284 g/mol. The first kappa shape index (κ1) is 14.9. The smallest absolute Gasteiger partial charge is 0.325 e. The van der Waals surface area contributed by atoms with Crippen LogP contribution in [0, 0.1) is 11.6 Å². The molecular formula is C14H18F2N2O2. The summed E-state index contributed by atoms with van der Waals surface area (Å²) in [7, 11) is 1.32. The maximum Gasteiger partial charge on any atom is 0.325 e. The Kier molecular flexibility index (Phi) is 4.35. The minimum absolute atomic E-state index is 0.398. The Morgan fingerprint density at radius 3 is 2.55 bits per heavy atom. The van der Waals surface area contributed by atoms with E-state index < -0.39 is 23.1 Å². The second kappa shape index (κ2) is 5.85. The number of halogens is 2. The molecule has 2 N–H and O–H groups in total. The van der Waals surface area contributed by atoms with Crippen molar-refractivity contribution in [3.8, 4) is 0 Å². The number of nitrogens with zero attached hydrogens (tertiary/aromatic N) is 1. The second-order valence-corrected chi connectivity index (χ2v) is 5.17. The van der Waals surface area contributed by atoms with Gasteiger partial charge in [0, 0.05) is 19.6 Å². The van der Waals surface area contributed by atoms with Crippen molar-refractivity contribution in [3.05, 3.63) is 35.4 Å². The third-order valence-corrected chi connectivity index (χ3v) is 3.73. The summed E-state index contributed by atoms with van der Waals surface area (Å²) in [4.78, 5) is 13.6. The summed E-state index contributed by atoms with van der Waals surface area (Å²) < 4.78 is 30.7. The molecule has 1 aliphatic rings. The Morgan fingerprint density at radius 2 is 2.00 bits per heavy atom. The monoisotopic (exact) mass is 284 g/mol. The number of nitrogens with two attached hydrogens (primary N) is 1. The molecule has 0 amide bonds. The number of methoxy groups -OCH3 is 1. The van der Waals surface area contributed by atoms with Gasteiger partial charge >= 0.3 is 5.97 Å². The van der Waals surface area contributed by atoms with Crippen LogP contribution in [0.4, 0.5) is 8.78 Å². The van der Waals surface area contributed by atoms with Gasteiger partial charge in [-0.3, -0.25) is 9.69 Å². The van der Waals surface area contributed by atoms with Crippen LogP contribution < -0.4 is 5.73 Å². The van der Waals surface area contributed by atoms with Crippen LogP contribution in [-0.4, -0.2) is 36.6 Å². The number of ether oxygens (including phenoxy) is 1. The van der Waals surface area contributed by atoms with Gasteiger partial charge in [-0.1, -0.05) is 6.07 Å². The van der Waals surface area contributed by atoms with Crippen molar-refractivity contribution >= 4 is 5.97 Å². The fraction of sp³-hybridized carbons (Fsp3) is 0.500. The Morgan fingerprint density at radius 1 is 1.35 bits per heavy atom. The van der Waals surface area contributed by atoms with Crippen molar-refractivity contribution in [2.24, 2.45) is 5.73 Å². The van der Waals surface area contributed by atoms with E-state index >= 15 is 0 Å². The SMILES string of the molecule is COC(=O)C1(N)CCN(Cc2ccc(F)c(F)c2)CC1. The maximum atomic E-state index is 13.1. The summed E-state index contributed by atoms with van der Waals surface area (Å²) in [5.74, 6) is -2.09. The maximum absolute atomic E-state index is 13.1. The van der Waals surface area contributed by atoms with Crippen LogP contribution in [0.1, 0.15) is 18.4 Å². The highest BCUT2D eigenvalue weighted by atomic mass is 19.2. The van der Waals surface area contributed by atoms with Crippen LogP contribution in [0.3, 0.4) is 0 Å². The van der Waals surface area contributed by atoms with Crippen LogP contribution >= 0.6 is 0 Å². The van der Waals surface area contributed by atoms with Crippen molar-refractivity contribution in [2.75, 3.05) is 20.2 Å². The lowest BCUT2D eigenvalue weighted by Crippen LogP contribution is -2.55. The van der Waals surface area contributed by atoms with Gasteiger partial charge in [-0.2, -0.15) is 0 Å². The summed E-state index contributed by atoms with van der Waals surface area (Å²) >= 11 is 0. The number of hydrogen-bond acceptors (Lipinski definition) is 4. The van der Waals surface area contributed by atoms with Crippen molar-refractivity contribution < 1.29 is 18.3 Å². The summed E-state index contributed by atoms with van der Waals surface area (Å²) in [5.41, 5.74) is 5.77. The standard InChI is InChI=1S/C14H18F2N2O2/c1-20-13(19)14(17)4-6-18(7-5-14)9-10-2-3-11(15)12(16)8-10/h2-3,8H,4-7,9,17H2,1H3. The lowest BCUT2D eigenvalue weighted by molar-refractivity contribution is -0.149. The zero-order valence-corrected chi connectivity index (χ0v) is 11.4. The second-order valence-electron chi connectivity index (χ2n) is 5.17. The largest absolute Gasteiger partial charge is 0.468 e. The zero-order chi connectivity index (χ0) is 14.8. The quantitative estimate of drug-likeness (QED) is 0.853. The molecular weight excluding hydrogens is 266 g/mol. The predicted octanol–water partition coefficient (Wildman–Crippen LogP) is 1.43. The minimum atomic E-state index is -0.931. The first-order valence-corrected chi connectivity index (χ1v) is 6.48. The Bertz CT molecular complexity index is 500. The third kappa shape index (κ3) is 3.13. The molecule has 0 spiro atoms. The number of esters is 1. The third-order valence-electron chi connectivity index (χ3n) is 3.73. The van der Waals surface area contributed by atoms with Gasteiger partial charge in [0.15, 0.2) is 11.6 Å². The van der Waals surface area contributed by atoms with E-state index in [1.165, 1.54) is 13.2 Å². The van der Waals surface area contributed by atoms with E-state index in [-0.39, 0.29) is 0 Å². The van der Waals surface area contributed by atoms with Crippen LogP contribution in [-0.2, 0) is 16.1 Å². The van der Waals surface area contributed by atoms with Crippen molar-refractivity contribution in [3.63, 3.8) is 0 Å². The molecule has 1 aromatic rings. The van der Waals surface area contributed by atoms with Crippen LogP contribution in [0.15, 0.2) is 18.2 Å². The first-order chi connectivity index (χ1) is 9.44. The van der Waals surface area contributed by atoms with E-state index in [4.69, 9.17) is 10.5 Å². The van der Waals surface area contributed by atoms with E-state index in [0.29, 0.717) is 38.0 Å². The van der Waals surface area contributed by atoms with Gasteiger partial charge in [0.25, 0.3) is 0 Å². The topological polar surface area (TPSA) is 55.6 Å². The predicted molar refractivity (Wildman–Crippen MR) is 69.8 cm³/mol. The Hall–Kier alpha value is -1.53. The highest BCUT2D eigenvalue weighted by Crippen LogP contribution is 2.22. The van der Waals surface area contributed by atoms with Gasteiger partial charge in [0.1, 0.15) is 5.54 Å². The molecule has 20 heavy (non-hydrogen) atoms. The van der Waals surface area contributed by atoms with Crippen molar-refractivity contribution in [1.82, 2.24) is 4.90 Å². The number of rotatable bonds is 3. The molecule has 110 valence electrons. The molecule has 4 nitrogen and oxygen atoms in total. The molecule has 1 saturated heterocycles. The van der Waals surface area contributed by atoms with Crippen molar-refractivity contribution in [2.45, 2.75) is 24.9 Å². The molecule has 0 saturated carbocycles. The van der Waals surface area contributed by atoms with E-state index in [9.17, 15) is 13.6 Å². The number of carbonyl (C=O) groups is 1. The molecule has 0 aromatic heterocycles. The fourth-order valence-electron chi connectivity index (χ4n) is 2.41. The molecule has 1 heterocycles. The van der Waals surface area contributed by atoms with E-state index in [2.05, 4.69) is 4.90 Å². The Balaban J connectivity index is 1.94. The van der Waals surface area contributed by atoms with Gasteiger partial charge in [-0.05, 0) is 30.5 Å². The molecule has 1 aromatic carbocycles. The Labute approximate surface area is 116 Å². The summed E-state index contributed by atoms with van der Waals surface area (Å²) in [5, 5.41) is 0. The fourth-order valence-corrected chi connectivity index (χ4v) is 2.41. The number of benzene rings is 1. The summed E-state index contributed by atoms with van der Waals surface area (Å²) in [6, 6.07) is 3.87. The summed E-state index contributed by atoms with van der Waals surface area (Å²) in [6.07, 6.45) is 0.979. The molecule has 0 atom stereocenters. The number of carbonyl (C=O) groups excluding carboxylic acids is 1. The van der Waals surface area contributed by atoms with E-state index in [1.54, 1.807) is 6.07 Å². The van der Waals surface area contributed by atoms with E-state index in [0.717, 1.165) is 6.07 Å². The lowest BCUT2D eigenvalue weighted by atomic mass is 9.88. The molecule has 2 rings (SSSR count). The number of piperidine rings is 1. The number of hydrogen-bond donors (Lipinski definition) is 1. The molecule has 1 aliphatic heterocycles. The molecule has 0 bridgehead atoms. The van der Waals surface area contributed by atoms with Crippen LogP contribution in [0.25, 0.3) is 0 Å². The molecule has 0 aliphatic carbocycles. The van der Waals surface area contributed by atoms with Gasteiger partial charge < -0.3 is 10.5 Å². The van der Waals surface area contributed by atoms with Crippen LogP contribution in [0.2, 0.25) is 0 Å². The van der Waals surface area contributed by atoms with Gasteiger partial charge in [0.2, 0.25) is 0 Å². The van der Waals surface area contributed by atoms with Crippen LogP contribution in [0.5, 0.6) is 0 Å². The van der Waals surface area contributed by atoms with Gasteiger partial charge in [0.05, 0.1) is 7.11 Å². The zero-order valence-electron chi connectivity index (χ0n) is 11.4. The normalized spacial score (nSPS) is 18.8. The highest BCUT2D eigenvalue weighted by molar-refractivity contribution is 5.80. The van der Waals surface area contributed by atoms with Gasteiger partial charge in [-0.15, -0.1) is 0 Å².